The van der Waals surface area contributed by atoms with Crippen LogP contribution in [-0.2, 0) is 0 Å². The third-order valence-corrected chi connectivity index (χ3v) is 3.03. The van der Waals surface area contributed by atoms with Crippen LogP contribution in [0.4, 0.5) is 11.4 Å². The van der Waals surface area contributed by atoms with Crippen molar-refractivity contribution in [2.75, 3.05) is 17.8 Å². The van der Waals surface area contributed by atoms with Gasteiger partial charge in [-0.1, -0.05) is 29.8 Å². The van der Waals surface area contributed by atoms with E-state index >= 15 is 0 Å². The number of anilines is 2. The molecule has 98 valence electrons. The van der Waals surface area contributed by atoms with Crippen molar-refractivity contribution in [2.45, 2.75) is 13.8 Å². The van der Waals surface area contributed by atoms with Crippen molar-refractivity contribution >= 4 is 17.1 Å². The summed E-state index contributed by atoms with van der Waals surface area (Å²) in [6, 6.07) is 16.0. The highest BCUT2D eigenvalue weighted by Crippen LogP contribution is 2.17. The molecule has 0 aromatic heterocycles. The molecule has 0 atom stereocenters. The third-order valence-electron chi connectivity index (χ3n) is 3.03. The number of aryl methyl sites for hydroxylation is 1. The van der Waals surface area contributed by atoms with Gasteiger partial charge in [-0.3, -0.25) is 5.01 Å². The molecule has 2 N–H and O–H groups in total. The van der Waals surface area contributed by atoms with Crippen molar-refractivity contribution in [2.24, 2.45) is 5.10 Å². The van der Waals surface area contributed by atoms with E-state index in [1.165, 1.54) is 5.56 Å². The molecule has 3 heteroatoms. The number of nitrogens with two attached hydrogens (primary N) is 1. The van der Waals surface area contributed by atoms with Gasteiger partial charge in [0.1, 0.15) is 0 Å². The van der Waals surface area contributed by atoms with Gasteiger partial charge in [0.2, 0.25) is 0 Å². The zero-order valence-electron chi connectivity index (χ0n) is 11.6. The first-order valence-electron chi connectivity index (χ1n) is 6.28. The standard InChI is InChI=1S/C16H19N3/c1-12-9-10-16(17)15(11-12)13(2)18-19(3)14-7-5-4-6-8-14/h4-11H,17H2,1-3H3/b18-13+. The smallest absolute Gasteiger partial charge is 0.0671 e. The second-order valence-corrected chi connectivity index (χ2v) is 4.64. The SMILES string of the molecule is C/C(=N\N(C)c1ccccc1)c1cc(C)ccc1N. The van der Waals surface area contributed by atoms with Crippen molar-refractivity contribution in [3.8, 4) is 0 Å². The fourth-order valence-corrected chi connectivity index (χ4v) is 1.96. The van der Waals surface area contributed by atoms with Gasteiger partial charge in [-0.25, -0.2) is 0 Å². The Morgan fingerprint density at radius 3 is 2.47 bits per heavy atom. The summed E-state index contributed by atoms with van der Waals surface area (Å²) in [6.07, 6.45) is 0. The van der Waals surface area contributed by atoms with Crippen LogP contribution in [0.3, 0.4) is 0 Å². The molecule has 0 aliphatic carbocycles. The molecular formula is C16H19N3. The number of hydrogen-bond donors (Lipinski definition) is 1. The lowest BCUT2D eigenvalue weighted by Gasteiger charge is -2.15. The summed E-state index contributed by atoms with van der Waals surface area (Å²) in [5.74, 6) is 0. The molecule has 0 spiro atoms. The fourth-order valence-electron chi connectivity index (χ4n) is 1.96. The van der Waals surface area contributed by atoms with Crippen LogP contribution in [0.1, 0.15) is 18.1 Å². The van der Waals surface area contributed by atoms with E-state index in [-0.39, 0.29) is 0 Å². The lowest BCUT2D eigenvalue weighted by Crippen LogP contribution is -2.13. The molecule has 0 aliphatic heterocycles. The Balaban J connectivity index is 2.30. The largest absolute Gasteiger partial charge is 0.398 e. The monoisotopic (exact) mass is 253 g/mol. The Hall–Kier alpha value is -2.29. The minimum absolute atomic E-state index is 0.758. The summed E-state index contributed by atoms with van der Waals surface area (Å²) in [5.41, 5.74) is 10.9. The van der Waals surface area contributed by atoms with Gasteiger partial charge in [-0.05, 0) is 38.1 Å². The molecule has 0 bridgehead atoms. The molecule has 2 rings (SSSR count). The maximum Gasteiger partial charge on any atom is 0.0671 e. The molecule has 0 saturated heterocycles. The summed E-state index contributed by atoms with van der Waals surface area (Å²) < 4.78 is 0. The van der Waals surface area contributed by atoms with Gasteiger partial charge in [0, 0.05) is 18.3 Å². The molecule has 0 heterocycles. The third kappa shape index (κ3) is 3.13. The van der Waals surface area contributed by atoms with Gasteiger partial charge < -0.3 is 5.73 Å². The van der Waals surface area contributed by atoms with Gasteiger partial charge in [0.25, 0.3) is 0 Å². The highest BCUT2D eigenvalue weighted by molar-refractivity contribution is 6.03. The molecule has 2 aromatic carbocycles. The molecule has 0 aliphatic rings. The van der Waals surface area contributed by atoms with Gasteiger partial charge in [-0.2, -0.15) is 5.10 Å². The highest BCUT2D eigenvalue weighted by atomic mass is 15.4. The minimum Gasteiger partial charge on any atom is -0.398 e. The van der Waals surface area contributed by atoms with E-state index in [1.54, 1.807) is 0 Å². The second-order valence-electron chi connectivity index (χ2n) is 4.64. The van der Waals surface area contributed by atoms with Crippen molar-refractivity contribution in [1.82, 2.24) is 0 Å². The van der Waals surface area contributed by atoms with E-state index in [0.29, 0.717) is 0 Å². The van der Waals surface area contributed by atoms with Crippen LogP contribution in [0.5, 0.6) is 0 Å². The first-order chi connectivity index (χ1) is 9.08. The van der Waals surface area contributed by atoms with Gasteiger partial charge >= 0.3 is 0 Å². The average molecular weight is 253 g/mol. The summed E-state index contributed by atoms with van der Waals surface area (Å²) in [4.78, 5) is 0. The average Bonchev–Trinajstić information content (AvgIpc) is 2.42. The molecular weight excluding hydrogens is 234 g/mol. The molecule has 0 fully saturated rings. The van der Waals surface area contributed by atoms with Crippen LogP contribution >= 0.6 is 0 Å². The highest BCUT2D eigenvalue weighted by Gasteiger charge is 2.05. The Kier molecular flexibility index (Phi) is 3.85. The van der Waals surface area contributed by atoms with Crippen LogP contribution in [0.2, 0.25) is 0 Å². The van der Waals surface area contributed by atoms with Crippen molar-refractivity contribution in [3.63, 3.8) is 0 Å². The first-order valence-corrected chi connectivity index (χ1v) is 6.28. The Labute approximate surface area is 114 Å². The maximum atomic E-state index is 6.01. The van der Waals surface area contributed by atoms with Crippen LogP contribution in [0.25, 0.3) is 0 Å². The van der Waals surface area contributed by atoms with E-state index in [0.717, 1.165) is 22.6 Å². The van der Waals surface area contributed by atoms with Crippen molar-refractivity contribution in [3.05, 3.63) is 59.7 Å². The summed E-state index contributed by atoms with van der Waals surface area (Å²) >= 11 is 0. The van der Waals surface area contributed by atoms with Gasteiger partial charge in [0.05, 0.1) is 11.4 Å². The van der Waals surface area contributed by atoms with Crippen LogP contribution < -0.4 is 10.7 Å². The van der Waals surface area contributed by atoms with E-state index in [2.05, 4.69) is 18.1 Å². The van der Waals surface area contributed by atoms with Crippen LogP contribution in [0.15, 0.2) is 53.6 Å². The predicted octanol–water partition coefficient (Wildman–Crippen LogP) is 3.44. The van der Waals surface area contributed by atoms with E-state index < -0.39 is 0 Å². The molecule has 3 nitrogen and oxygen atoms in total. The Morgan fingerprint density at radius 2 is 1.79 bits per heavy atom. The first kappa shape index (κ1) is 13.1. The van der Waals surface area contributed by atoms with E-state index in [4.69, 9.17) is 5.73 Å². The zero-order chi connectivity index (χ0) is 13.8. The number of benzene rings is 2. The maximum absolute atomic E-state index is 6.01. The number of para-hydroxylation sites is 1. The molecule has 0 radical (unpaired) electrons. The lowest BCUT2D eigenvalue weighted by molar-refractivity contribution is 1.01. The quantitative estimate of drug-likeness (QED) is 0.517. The summed E-state index contributed by atoms with van der Waals surface area (Å²) in [7, 11) is 1.94. The Bertz CT molecular complexity index is 588. The van der Waals surface area contributed by atoms with E-state index in [9.17, 15) is 0 Å². The number of rotatable bonds is 3. The number of nitrogens with zero attached hydrogens (tertiary/aromatic N) is 2. The normalized spacial score (nSPS) is 11.4. The number of nitrogen functional groups attached to an aromatic ring is 1. The topological polar surface area (TPSA) is 41.6 Å². The lowest BCUT2D eigenvalue weighted by atomic mass is 10.1. The molecule has 0 saturated carbocycles. The second kappa shape index (κ2) is 5.57. The van der Waals surface area contributed by atoms with Crippen molar-refractivity contribution in [1.29, 1.82) is 0 Å². The molecule has 2 aromatic rings. The van der Waals surface area contributed by atoms with Gasteiger partial charge in [-0.15, -0.1) is 0 Å². The van der Waals surface area contributed by atoms with Gasteiger partial charge in [0.15, 0.2) is 0 Å². The summed E-state index contributed by atoms with van der Waals surface area (Å²) in [5, 5.41) is 6.45. The number of hydrazone groups is 1. The summed E-state index contributed by atoms with van der Waals surface area (Å²) in [6.45, 7) is 4.03. The Morgan fingerprint density at radius 1 is 1.11 bits per heavy atom. The zero-order valence-corrected chi connectivity index (χ0v) is 11.6. The molecule has 19 heavy (non-hydrogen) atoms. The fraction of sp³-hybridized carbons (Fsp3) is 0.188. The minimum atomic E-state index is 0.758. The number of hydrogen-bond acceptors (Lipinski definition) is 3. The molecule has 0 amide bonds. The van der Waals surface area contributed by atoms with Crippen LogP contribution in [0, 0.1) is 6.92 Å². The van der Waals surface area contributed by atoms with Crippen LogP contribution in [-0.4, -0.2) is 12.8 Å². The van der Waals surface area contributed by atoms with Crippen molar-refractivity contribution < 1.29 is 0 Å². The predicted molar refractivity (Wildman–Crippen MR) is 82.6 cm³/mol. The molecule has 0 unspecified atom stereocenters. The van der Waals surface area contributed by atoms with E-state index in [1.807, 2.05) is 61.4 Å².